The van der Waals surface area contributed by atoms with Crippen molar-refractivity contribution in [2.45, 2.75) is 116 Å². The summed E-state index contributed by atoms with van der Waals surface area (Å²) in [7, 11) is -1.68. The van der Waals surface area contributed by atoms with E-state index in [1.54, 1.807) is 0 Å². The Morgan fingerprint density at radius 3 is 2.00 bits per heavy atom. The van der Waals surface area contributed by atoms with E-state index in [0.717, 1.165) is 12.5 Å². The van der Waals surface area contributed by atoms with Crippen molar-refractivity contribution in [3.8, 4) is 0 Å². The number of hydrogen-bond acceptors (Lipinski definition) is 2. The fraction of sp³-hybridized carbons (Fsp3) is 1.00. The molecule has 2 nitrogen and oxygen atoms in total. The molecule has 1 unspecified atom stereocenters. The second-order valence-electron chi connectivity index (χ2n) is 9.76. The normalized spacial score (nSPS) is 28.3. The lowest BCUT2D eigenvalue weighted by Crippen LogP contribution is -2.48. The first-order chi connectivity index (χ1) is 11.8. The summed E-state index contributed by atoms with van der Waals surface area (Å²) in [5, 5.41) is 0. The van der Waals surface area contributed by atoms with E-state index in [1.807, 2.05) is 0 Å². The molecule has 1 saturated carbocycles. The molecule has 0 amide bonds. The third kappa shape index (κ3) is 4.35. The molecule has 1 aliphatic heterocycles. The van der Waals surface area contributed by atoms with Crippen molar-refractivity contribution in [2.24, 2.45) is 5.92 Å². The van der Waals surface area contributed by atoms with Gasteiger partial charge in [0.05, 0.1) is 0 Å². The zero-order valence-corrected chi connectivity index (χ0v) is 19.2. The van der Waals surface area contributed by atoms with Gasteiger partial charge in [-0.1, -0.05) is 61.3 Å². The van der Waals surface area contributed by atoms with Crippen LogP contribution in [-0.2, 0) is 4.43 Å². The Bertz CT molecular complexity index is 381. The van der Waals surface area contributed by atoms with E-state index in [0.29, 0.717) is 22.2 Å². The molecule has 0 N–H and O–H groups in total. The molecule has 148 valence electrons. The largest absolute Gasteiger partial charge is 0.416 e. The van der Waals surface area contributed by atoms with Crippen LogP contribution in [0.25, 0.3) is 0 Å². The highest BCUT2D eigenvalue weighted by molar-refractivity contribution is 6.77. The van der Waals surface area contributed by atoms with E-state index < -0.39 is 8.32 Å². The standard InChI is InChI=1S/C22H45NOSi/c1-8-13-22(23-14-10-9-11-15-23)17-21(22)12-16-24-25(18(2)3,19(4)5)20(6)7/h18-21H,8-17H2,1-7H3/t21?,22-/m0/s1. The van der Waals surface area contributed by atoms with Crippen LogP contribution in [0.15, 0.2) is 0 Å². The maximum absolute atomic E-state index is 6.84. The number of hydrogen-bond donors (Lipinski definition) is 0. The Hall–Kier alpha value is 0.137. The number of nitrogens with zero attached hydrogens (tertiary/aromatic N) is 1. The van der Waals surface area contributed by atoms with E-state index in [4.69, 9.17) is 4.43 Å². The lowest BCUT2D eigenvalue weighted by molar-refractivity contribution is 0.118. The number of piperidine rings is 1. The molecule has 0 aromatic heterocycles. The third-order valence-corrected chi connectivity index (χ3v) is 13.5. The maximum Gasteiger partial charge on any atom is 0.200 e. The first-order valence-electron chi connectivity index (χ1n) is 11.2. The average Bonchev–Trinajstić information content (AvgIpc) is 3.26. The monoisotopic (exact) mass is 367 g/mol. The minimum Gasteiger partial charge on any atom is -0.416 e. The molecule has 0 spiro atoms. The summed E-state index contributed by atoms with van der Waals surface area (Å²) in [6.45, 7) is 20.5. The van der Waals surface area contributed by atoms with E-state index in [-0.39, 0.29) is 0 Å². The lowest BCUT2D eigenvalue weighted by Gasteiger charge is -2.42. The topological polar surface area (TPSA) is 12.5 Å². The van der Waals surface area contributed by atoms with Crippen LogP contribution in [0, 0.1) is 5.92 Å². The molecular formula is C22H45NOSi. The summed E-state index contributed by atoms with van der Waals surface area (Å²) < 4.78 is 6.84. The molecule has 0 aromatic carbocycles. The first kappa shape index (κ1) is 21.4. The quantitative estimate of drug-likeness (QED) is 0.403. The van der Waals surface area contributed by atoms with Gasteiger partial charge in [-0.25, -0.2) is 0 Å². The predicted octanol–water partition coefficient (Wildman–Crippen LogP) is 6.61. The molecule has 2 fully saturated rings. The van der Waals surface area contributed by atoms with Gasteiger partial charge in [-0.15, -0.1) is 0 Å². The second kappa shape index (κ2) is 8.88. The van der Waals surface area contributed by atoms with Crippen LogP contribution in [0.2, 0.25) is 16.6 Å². The van der Waals surface area contributed by atoms with Gasteiger partial charge in [0.1, 0.15) is 0 Å². The van der Waals surface area contributed by atoms with Crippen molar-refractivity contribution < 1.29 is 4.43 Å². The third-order valence-electron chi connectivity index (χ3n) is 7.39. The van der Waals surface area contributed by atoms with Crippen LogP contribution in [0.5, 0.6) is 0 Å². The Kier molecular flexibility index (Phi) is 7.62. The van der Waals surface area contributed by atoms with Crippen molar-refractivity contribution in [3.05, 3.63) is 0 Å². The van der Waals surface area contributed by atoms with Gasteiger partial charge < -0.3 is 4.43 Å². The van der Waals surface area contributed by atoms with Gasteiger partial charge in [-0.2, -0.15) is 0 Å². The molecule has 2 aliphatic rings. The highest BCUT2D eigenvalue weighted by atomic mass is 28.4. The zero-order valence-electron chi connectivity index (χ0n) is 18.2. The molecule has 25 heavy (non-hydrogen) atoms. The van der Waals surface area contributed by atoms with Crippen molar-refractivity contribution in [1.82, 2.24) is 4.90 Å². The molecule has 1 heterocycles. The van der Waals surface area contributed by atoms with E-state index in [9.17, 15) is 0 Å². The van der Waals surface area contributed by atoms with Crippen molar-refractivity contribution in [3.63, 3.8) is 0 Å². The maximum atomic E-state index is 6.84. The molecule has 3 heteroatoms. The van der Waals surface area contributed by atoms with Gasteiger partial charge in [0.2, 0.25) is 0 Å². The summed E-state index contributed by atoms with van der Waals surface area (Å²) in [5.74, 6) is 0.892. The molecule has 0 bridgehead atoms. The Morgan fingerprint density at radius 2 is 1.52 bits per heavy atom. The summed E-state index contributed by atoms with van der Waals surface area (Å²) in [6, 6.07) is 0. The predicted molar refractivity (Wildman–Crippen MR) is 113 cm³/mol. The van der Waals surface area contributed by atoms with Crippen LogP contribution >= 0.6 is 0 Å². The van der Waals surface area contributed by atoms with Crippen molar-refractivity contribution in [2.75, 3.05) is 19.7 Å². The Labute approximate surface area is 159 Å². The lowest BCUT2D eigenvalue weighted by atomic mass is 10.00. The molecule has 2 atom stereocenters. The highest BCUT2D eigenvalue weighted by Crippen LogP contribution is 2.54. The minimum absolute atomic E-state index is 0.552. The van der Waals surface area contributed by atoms with E-state index in [2.05, 4.69) is 53.4 Å². The molecule has 0 radical (unpaired) electrons. The molecule has 2 rings (SSSR count). The van der Waals surface area contributed by atoms with Crippen molar-refractivity contribution >= 4 is 8.32 Å². The van der Waals surface area contributed by atoms with Crippen LogP contribution in [-0.4, -0.2) is 38.5 Å². The van der Waals surface area contributed by atoms with Gasteiger partial charge in [-0.3, -0.25) is 4.90 Å². The second-order valence-corrected chi connectivity index (χ2v) is 15.2. The summed E-state index contributed by atoms with van der Waals surface area (Å²) >= 11 is 0. The van der Waals surface area contributed by atoms with Gasteiger partial charge in [-0.05, 0) is 67.7 Å². The van der Waals surface area contributed by atoms with Gasteiger partial charge in [0, 0.05) is 12.1 Å². The van der Waals surface area contributed by atoms with Crippen LogP contribution in [0.3, 0.4) is 0 Å². The minimum atomic E-state index is -1.68. The fourth-order valence-electron chi connectivity index (χ4n) is 6.24. The van der Waals surface area contributed by atoms with Crippen LogP contribution in [0.4, 0.5) is 0 Å². The average molecular weight is 368 g/mol. The molecular weight excluding hydrogens is 322 g/mol. The molecule has 1 saturated heterocycles. The highest BCUT2D eigenvalue weighted by Gasteiger charge is 2.56. The SMILES string of the molecule is CCC[C@]1(N2CCCCC2)CC1CCO[Si](C(C)C)(C(C)C)C(C)C. The Morgan fingerprint density at radius 1 is 0.960 bits per heavy atom. The smallest absolute Gasteiger partial charge is 0.200 e. The van der Waals surface area contributed by atoms with Gasteiger partial charge >= 0.3 is 0 Å². The summed E-state index contributed by atoms with van der Waals surface area (Å²) in [6.07, 6.45) is 9.73. The number of rotatable bonds is 10. The van der Waals surface area contributed by atoms with E-state index in [1.165, 1.54) is 58.0 Å². The fourth-order valence-corrected chi connectivity index (χ4v) is 11.7. The van der Waals surface area contributed by atoms with Crippen molar-refractivity contribution in [1.29, 1.82) is 0 Å². The number of likely N-dealkylation sites (tertiary alicyclic amines) is 1. The van der Waals surface area contributed by atoms with Gasteiger partial charge in [0.15, 0.2) is 8.32 Å². The molecule has 1 aliphatic carbocycles. The zero-order chi connectivity index (χ0) is 18.7. The van der Waals surface area contributed by atoms with Crippen LogP contribution in [0.1, 0.15) is 93.4 Å². The Balaban J connectivity index is 1.94. The van der Waals surface area contributed by atoms with Gasteiger partial charge in [0.25, 0.3) is 0 Å². The summed E-state index contributed by atoms with van der Waals surface area (Å²) in [5.41, 5.74) is 2.66. The van der Waals surface area contributed by atoms with E-state index >= 15 is 0 Å². The summed E-state index contributed by atoms with van der Waals surface area (Å²) in [4.78, 5) is 2.86. The van der Waals surface area contributed by atoms with Crippen LogP contribution < -0.4 is 0 Å². The molecule has 0 aromatic rings. The first-order valence-corrected chi connectivity index (χ1v) is 13.3.